The third kappa shape index (κ3) is 5.01. The molecule has 3 N–H and O–H groups in total. The van der Waals surface area contributed by atoms with Crippen molar-refractivity contribution in [3.8, 4) is 0 Å². The van der Waals surface area contributed by atoms with Crippen LogP contribution in [0.3, 0.4) is 0 Å². The van der Waals surface area contributed by atoms with Crippen LogP contribution >= 0.6 is 0 Å². The van der Waals surface area contributed by atoms with Gasteiger partial charge in [0, 0.05) is 19.7 Å². The number of hydrogen-bond acceptors (Lipinski definition) is 2. The van der Waals surface area contributed by atoms with Crippen molar-refractivity contribution in [2.24, 2.45) is 16.6 Å². The van der Waals surface area contributed by atoms with Crippen molar-refractivity contribution in [2.45, 2.75) is 69.9 Å². The monoisotopic (exact) mass is 267 g/mol. The highest BCUT2D eigenvalue weighted by atomic mass is 16.5. The Kier molecular flexibility index (Phi) is 5.95. The van der Waals surface area contributed by atoms with Gasteiger partial charge in [0.05, 0.1) is 6.10 Å². The number of aliphatic imine (C=N–C) groups is 1. The predicted molar refractivity (Wildman–Crippen MR) is 79.3 cm³/mol. The number of nitrogens with one attached hydrogen (secondary N) is 1. The first-order chi connectivity index (χ1) is 9.28. The van der Waals surface area contributed by atoms with E-state index in [4.69, 9.17) is 10.5 Å². The molecule has 0 amide bonds. The minimum Gasteiger partial charge on any atom is -0.381 e. The maximum atomic E-state index is 5.93. The van der Waals surface area contributed by atoms with Crippen LogP contribution in [0.1, 0.15) is 57.8 Å². The molecule has 2 fully saturated rings. The van der Waals surface area contributed by atoms with Gasteiger partial charge in [0.2, 0.25) is 0 Å². The molecule has 0 spiro atoms. The highest BCUT2D eigenvalue weighted by Crippen LogP contribution is 2.28. The second-order valence-corrected chi connectivity index (χ2v) is 6.06. The first-order valence-corrected chi connectivity index (χ1v) is 7.87. The Bertz CT molecular complexity index is 279. The summed E-state index contributed by atoms with van der Waals surface area (Å²) in [7, 11) is 1.82. The molecule has 0 atom stereocenters. The highest BCUT2D eigenvalue weighted by Gasteiger charge is 2.20. The van der Waals surface area contributed by atoms with Crippen LogP contribution in [0.2, 0.25) is 0 Å². The molecule has 0 saturated heterocycles. The quantitative estimate of drug-likeness (QED) is 0.594. The van der Waals surface area contributed by atoms with Crippen molar-refractivity contribution in [1.82, 2.24) is 5.32 Å². The molecule has 0 heterocycles. The Balaban J connectivity index is 1.59. The molecular weight excluding hydrogens is 238 g/mol. The maximum absolute atomic E-state index is 5.93. The lowest BCUT2D eigenvalue weighted by Crippen LogP contribution is -2.38. The van der Waals surface area contributed by atoms with Gasteiger partial charge in [-0.15, -0.1) is 0 Å². The van der Waals surface area contributed by atoms with E-state index in [1.807, 2.05) is 7.11 Å². The summed E-state index contributed by atoms with van der Waals surface area (Å²) in [6.45, 7) is 0.869. The molecule has 0 aromatic heterocycles. The molecule has 4 nitrogen and oxygen atoms in total. The Hall–Kier alpha value is -0.770. The number of rotatable bonds is 5. The Morgan fingerprint density at radius 1 is 1.16 bits per heavy atom. The van der Waals surface area contributed by atoms with E-state index >= 15 is 0 Å². The van der Waals surface area contributed by atoms with Crippen LogP contribution < -0.4 is 11.1 Å². The smallest absolute Gasteiger partial charge is 0.188 e. The normalized spacial score (nSPS) is 29.6. The minimum absolute atomic E-state index is 0.494. The maximum Gasteiger partial charge on any atom is 0.188 e. The van der Waals surface area contributed by atoms with Crippen LogP contribution in [-0.4, -0.2) is 31.8 Å². The molecule has 0 aromatic carbocycles. The zero-order chi connectivity index (χ0) is 13.5. The number of guanidine groups is 1. The fourth-order valence-corrected chi connectivity index (χ4v) is 3.35. The van der Waals surface area contributed by atoms with E-state index in [9.17, 15) is 0 Å². The number of nitrogens with zero attached hydrogens (tertiary/aromatic N) is 1. The summed E-state index contributed by atoms with van der Waals surface area (Å²) in [5.41, 5.74) is 5.93. The molecule has 0 aliphatic heterocycles. The van der Waals surface area contributed by atoms with Gasteiger partial charge in [0.1, 0.15) is 0 Å². The third-order valence-electron chi connectivity index (χ3n) is 4.65. The van der Waals surface area contributed by atoms with E-state index < -0.39 is 0 Å². The largest absolute Gasteiger partial charge is 0.381 e. The van der Waals surface area contributed by atoms with Crippen LogP contribution in [0.4, 0.5) is 0 Å². The van der Waals surface area contributed by atoms with Crippen molar-refractivity contribution in [3.05, 3.63) is 0 Å². The molecule has 19 heavy (non-hydrogen) atoms. The van der Waals surface area contributed by atoms with Gasteiger partial charge < -0.3 is 15.8 Å². The molecule has 4 heteroatoms. The molecular formula is C15H29N3O. The Labute approximate surface area is 117 Å². The molecule has 110 valence electrons. The van der Waals surface area contributed by atoms with Gasteiger partial charge in [-0.2, -0.15) is 0 Å². The molecule has 2 rings (SSSR count). The third-order valence-corrected chi connectivity index (χ3v) is 4.65. The van der Waals surface area contributed by atoms with Gasteiger partial charge in [0.15, 0.2) is 5.96 Å². The van der Waals surface area contributed by atoms with E-state index in [1.165, 1.54) is 57.8 Å². The highest BCUT2D eigenvalue weighted by molar-refractivity contribution is 5.78. The zero-order valence-corrected chi connectivity index (χ0v) is 12.2. The summed E-state index contributed by atoms with van der Waals surface area (Å²) in [4.78, 5) is 4.47. The van der Waals surface area contributed by atoms with E-state index in [0.717, 1.165) is 12.5 Å². The molecule has 0 aromatic rings. The SMILES string of the molecule is COC1CCC(CCN=C(N)NC2CCCC2)CC1. The summed E-state index contributed by atoms with van der Waals surface area (Å²) in [5.74, 6) is 1.46. The lowest BCUT2D eigenvalue weighted by molar-refractivity contribution is 0.0559. The van der Waals surface area contributed by atoms with Gasteiger partial charge in [-0.1, -0.05) is 12.8 Å². The van der Waals surface area contributed by atoms with Crippen LogP contribution in [-0.2, 0) is 4.74 Å². The average Bonchev–Trinajstić information content (AvgIpc) is 2.92. The van der Waals surface area contributed by atoms with Gasteiger partial charge >= 0.3 is 0 Å². The Morgan fingerprint density at radius 3 is 2.47 bits per heavy atom. The first kappa shape index (κ1) is 14.6. The predicted octanol–water partition coefficient (Wildman–Crippen LogP) is 2.43. The standard InChI is InChI=1S/C15H29N3O/c1-19-14-8-6-12(7-9-14)10-11-17-15(16)18-13-4-2-3-5-13/h12-14H,2-11H2,1H3,(H3,16,17,18). The van der Waals surface area contributed by atoms with E-state index in [2.05, 4.69) is 10.3 Å². The second kappa shape index (κ2) is 7.73. The molecule has 2 aliphatic carbocycles. The van der Waals surface area contributed by atoms with Crippen molar-refractivity contribution >= 4 is 5.96 Å². The lowest BCUT2D eigenvalue weighted by Gasteiger charge is -2.27. The zero-order valence-electron chi connectivity index (χ0n) is 12.2. The van der Waals surface area contributed by atoms with Crippen molar-refractivity contribution < 1.29 is 4.74 Å². The van der Waals surface area contributed by atoms with Crippen LogP contribution in [0.25, 0.3) is 0 Å². The summed E-state index contributed by atoms with van der Waals surface area (Å²) in [5, 5.41) is 3.34. The number of nitrogens with two attached hydrogens (primary N) is 1. The van der Waals surface area contributed by atoms with Crippen LogP contribution in [0, 0.1) is 5.92 Å². The van der Waals surface area contributed by atoms with E-state index in [0.29, 0.717) is 18.1 Å². The fraction of sp³-hybridized carbons (Fsp3) is 0.933. The van der Waals surface area contributed by atoms with Crippen LogP contribution in [0.15, 0.2) is 4.99 Å². The van der Waals surface area contributed by atoms with Gasteiger partial charge in [-0.25, -0.2) is 0 Å². The number of hydrogen-bond donors (Lipinski definition) is 2. The van der Waals surface area contributed by atoms with Crippen molar-refractivity contribution in [1.29, 1.82) is 0 Å². The average molecular weight is 267 g/mol. The molecule has 0 unspecified atom stereocenters. The van der Waals surface area contributed by atoms with Crippen LogP contribution in [0.5, 0.6) is 0 Å². The van der Waals surface area contributed by atoms with Gasteiger partial charge in [-0.05, 0) is 50.9 Å². The molecule has 0 bridgehead atoms. The van der Waals surface area contributed by atoms with E-state index in [1.54, 1.807) is 0 Å². The van der Waals surface area contributed by atoms with Crippen molar-refractivity contribution in [2.75, 3.05) is 13.7 Å². The summed E-state index contributed by atoms with van der Waals surface area (Å²) >= 11 is 0. The molecule has 2 aliphatic rings. The number of ether oxygens (including phenoxy) is 1. The number of methoxy groups -OCH3 is 1. The summed E-state index contributed by atoms with van der Waals surface area (Å²) in [6, 6.07) is 0.570. The fourth-order valence-electron chi connectivity index (χ4n) is 3.35. The van der Waals surface area contributed by atoms with Gasteiger partial charge in [-0.3, -0.25) is 4.99 Å². The van der Waals surface area contributed by atoms with E-state index in [-0.39, 0.29) is 0 Å². The molecule has 2 saturated carbocycles. The summed E-state index contributed by atoms with van der Waals surface area (Å²) in [6.07, 6.45) is 11.8. The topological polar surface area (TPSA) is 59.6 Å². The summed E-state index contributed by atoms with van der Waals surface area (Å²) < 4.78 is 5.40. The minimum atomic E-state index is 0.494. The lowest BCUT2D eigenvalue weighted by atomic mass is 9.85. The van der Waals surface area contributed by atoms with Crippen molar-refractivity contribution in [3.63, 3.8) is 0 Å². The first-order valence-electron chi connectivity index (χ1n) is 7.87. The Morgan fingerprint density at radius 2 is 1.84 bits per heavy atom. The van der Waals surface area contributed by atoms with Gasteiger partial charge in [0.25, 0.3) is 0 Å². The molecule has 0 radical (unpaired) electrons. The second-order valence-electron chi connectivity index (χ2n) is 6.06.